The van der Waals surface area contributed by atoms with E-state index in [2.05, 4.69) is 29.4 Å². The van der Waals surface area contributed by atoms with Crippen molar-refractivity contribution in [2.45, 2.75) is 20.1 Å². The second-order valence-electron chi connectivity index (χ2n) is 4.29. The number of nitrogens with zero attached hydrogens (tertiary/aromatic N) is 1. The highest BCUT2D eigenvalue weighted by Crippen LogP contribution is 2.21. The highest BCUT2D eigenvalue weighted by Gasteiger charge is 2.03. The molecule has 0 radical (unpaired) electrons. The molecule has 1 aromatic carbocycles. The summed E-state index contributed by atoms with van der Waals surface area (Å²) in [6, 6.07) is 10.2. The lowest BCUT2D eigenvalue weighted by Gasteiger charge is -2.12. The Kier molecular flexibility index (Phi) is 4.31. The maximum atomic E-state index is 5.86. The maximum Gasteiger partial charge on any atom is 0.124 e. The van der Waals surface area contributed by atoms with Crippen molar-refractivity contribution in [3.8, 4) is 5.75 Å². The fourth-order valence-corrected chi connectivity index (χ4v) is 1.82. The van der Waals surface area contributed by atoms with Gasteiger partial charge in [0, 0.05) is 24.5 Å². The lowest BCUT2D eigenvalue weighted by atomic mass is 10.1. The summed E-state index contributed by atoms with van der Waals surface area (Å²) in [4.78, 5) is 3.99. The molecule has 0 saturated carbocycles. The van der Waals surface area contributed by atoms with Crippen molar-refractivity contribution in [1.29, 1.82) is 0 Å². The van der Waals surface area contributed by atoms with Gasteiger partial charge in [-0.05, 0) is 37.7 Å². The number of pyridine rings is 1. The van der Waals surface area contributed by atoms with Gasteiger partial charge in [0.1, 0.15) is 12.4 Å². The van der Waals surface area contributed by atoms with Crippen LogP contribution in [0, 0.1) is 6.92 Å². The van der Waals surface area contributed by atoms with Gasteiger partial charge in [0.2, 0.25) is 0 Å². The van der Waals surface area contributed by atoms with Crippen LogP contribution in [0.4, 0.5) is 0 Å². The van der Waals surface area contributed by atoms with E-state index in [9.17, 15) is 0 Å². The molecule has 3 nitrogen and oxygen atoms in total. The third kappa shape index (κ3) is 3.31. The van der Waals surface area contributed by atoms with Crippen LogP contribution in [0.3, 0.4) is 0 Å². The molecule has 2 rings (SSSR count). The van der Waals surface area contributed by atoms with E-state index in [4.69, 9.17) is 4.74 Å². The van der Waals surface area contributed by atoms with Gasteiger partial charge in [0.15, 0.2) is 0 Å². The van der Waals surface area contributed by atoms with Gasteiger partial charge < -0.3 is 10.1 Å². The average Bonchev–Trinajstić information content (AvgIpc) is 2.39. The number of rotatable bonds is 5. The summed E-state index contributed by atoms with van der Waals surface area (Å²) >= 11 is 0. The van der Waals surface area contributed by atoms with Crippen LogP contribution in [0.15, 0.2) is 42.7 Å². The van der Waals surface area contributed by atoms with E-state index < -0.39 is 0 Å². The lowest BCUT2D eigenvalue weighted by molar-refractivity contribution is 0.302. The van der Waals surface area contributed by atoms with Crippen LogP contribution >= 0.6 is 0 Å². The van der Waals surface area contributed by atoms with Gasteiger partial charge in [-0.3, -0.25) is 4.98 Å². The van der Waals surface area contributed by atoms with Crippen molar-refractivity contribution in [2.75, 3.05) is 7.05 Å². The predicted octanol–water partition coefficient (Wildman–Crippen LogP) is 2.69. The number of aromatic nitrogens is 1. The summed E-state index contributed by atoms with van der Waals surface area (Å²) in [6.45, 7) is 3.47. The van der Waals surface area contributed by atoms with Gasteiger partial charge in [0.25, 0.3) is 0 Å². The van der Waals surface area contributed by atoms with E-state index in [1.54, 1.807) is 12.4 Å². The molecule has 0 bridgehead atoms. The zero-order valence-electron chi connectivity index (χ0n) is 10.8. The molecule has 1 heterocycles. The van der Waals surface area contributed by atoms with Gasteiger partial charge in [-0.25, -0.2) is 0 Å². The number of benzene rings is 1. The Hall–Kier alpha value is -1.87. The third-order valence-corrected chi connectivity index (χ3v) is 2.73. The molecule has 0 aliphatic carbocycles. The summed E-state index contributed by atoms with van der Waals surface area (Å²) < 4.78 is 5.86. The summed E-state index contributed by atoms with van der Waals surface area (Å²) in [6.07, 6.45) is 3.56. The van der Waals surface area contributed by atoms with Gasteiger partial charge >= 0.3 is 0 Å². The Morgan fingerprint density at radius 3 is 2.67 bits per heavy atom. The molecule has 0 aliphatic heterocycles. The van der Waals surface area contributed by atoms with Gasteiger partial charge in [-0.2, -0.15) is 0 Å². The number of aryl methyl sites for hydroxylation is 1. The standard InChI is InChI=1S/C15H18N2O/c1-12-3-4-15(14(9-12)10-16-2)18-11-13-5-7-17-8-6-13/h3-9,16H,10-11H2,1-2H3. The summed E-state index contributed by atoms with van der Waals surface area (Å²) in [5, 5.41) is 3.16. The van der Waals surface area contributed by atoms with Crippen molar-refractivity contribution in [1.82, 2.24) is 10.3 Å². The van der Waals surface area contributed by atoms with Gasteiger partial charge in [0.05, 0.1) is 0 Å². The molecule has 0 amide bonds. The van der Waals surface area contributed by atoms with E-state index >= 15 is 0 Å². The molecule has 0 unspecified atom stereocenters. The van der Waals surface area contributed by atoms with E-state index in [0.29, 0.717) is 6.61 Å². The molecular formula is C15H18N2O. The minimum atomic E-state index is 0.572. The Bertz CT molecular complexity index is 497. The molecule has 0 spiro atoms. The van der Waals surface area contributed by atoms with E-state index in [-0.39, 0.29) is 0 Å². The molecule has 2 aromatic rings. The van der Waals surface area contributed by atoms with Crippen molar-refractivity contribution >= 4 is 0 Å². The SMILES string of the molecule is CNCc1cc(C)ccc1OCc1ccncc1. The van der Waals surface area contributed by atoms with Crippen LogP contribution in [0.1, 0.15) is 16.7 Å². The highest BCUT2D eigenvalue weighted by atomic mass is 16.5. The van der Waals surface area contributed by atoms with Crippen LogP contribution in [0.25, 0.3) is 0 Å². The van der Waals surface area contributed by atoms with Gasteiger partial charge in [-0.1, -0.05) is 17.7 Å². The third-order valence-electron chi connectivity index (χ3n) is 2.73. The van der Waals surface area contributed by atoms with Crippen LogP contribution in [-0.2, 0) is 13.2 Å². The fourth-order valence-electron chi connectivity index (χ4n) is 1.82. The number of ether oxygens (including phenoxy) is 1. The molecule has 0 atom stereocenters. The van der Waals surface area contributed by atoms with Gasteiger partial charge in [-0.15, -0.1) is 0 Å². The highest BCUT2D eigenvalue weighted by molar-refractivity contribution is 5.37. The van der Waals surface area contributed by atoms with Crippen molar-refractivity contribution < 1.29 is 4.74 Å². The molecule has 3 heteroatoms. The second kappa shape index (κ2) is 6.17. The first-order valence-corrected chi connectivity index (χ1v) is 6.05. The minimum Gasteiger partial charge on any atom is -0.489 e. The molecular weight excluding hydrogens is 224 g/mol. The smallest absolute Gasteiger partial charge is 0.124 e. The fraction of sp³-hybridized carbons (Fsp3) is 0.267. The number of nitrogens with one attached hydrogen (secondary N) is 1. The summed E-state index contributed by atoms with van der Waals surface area (Å²) in [5.74, 6) is 0.937. The number of hydrogen-bond donors (Lipinski definition) is 1. The van der Waals surface area contributed by atoms with Crippen molar-refractivity contribution in [3.63, 3.8) is 0 Å². The van der Waals surface area contributed by atoms with Crippen molar-refractivity contribution in [2.24, 2.45) is 0 Å². The predicted molar refractivity (Wildman–Crippen MR) is 72.5 cm³/mol. The largest absolute Gasteiger partial charge is 0.489 e. The second-order valence-corrected chi connectivity index (χ2v) is 4.29. The number of hydrogen-bond acceptors (Lipinski definition) is 3. The molecule has 1 aromatic heterocycles. The van der Waals surface area contributed by atoms with E-state index in [1.165, 1.54) is 11.1 Å². The first-order valence-electron chi connectivity index (χ1n) is 6.05. The first-order chi connectivity index (χ1) is 8.79. The Morgan fingerprint density at radius 2 is 1.94 bits per heavy atom. The molecule has 94 valence electrons. The lowest BCUT2D eigenvalue weighted by Crippen LogP contribution is -2.08. The molecule has 1 N–H and O–H groups in total. The Morgan fingerprint density at radius 1 is 1.17 bits per heavy atom. The Labute approximate surface area is 108 Å². The summed E-state index contributed by atoms with van der Waals surface area (Å²) in [7, 11) is 1.94. The topological polar surface area (TPSA) is 34.1 Å². The maximum absolute atomic E-state index is 5.86. The van der Waals surface area contributed by atoms with Crippen LogP contribution in [-0.4, -0.2) is 12.0 Å². The Balaban J connectivity index is 2.09. The van der Waals surface area contributed by atoms with Crippen molar-refractivity contribution in [3.05, 3.63) is 59.4 Å². The zero-order chi connectivity index (χ0) is 12.8. The van der Waals surface area contributed by atoms with E-state index in [1.807, 2.05) is 25.2 Å². The quantitative estimate of drug-likeness (QED) is 0.875. The van der Waals surface area contributed by atoms with Crippen LogP contribution < -0.4 is 10.1 Å². The normalized spacial score (nSPS) is 10.3. The minimum absolute atomic E-state index is 0.572. The molecule has 0 aliphatic rings. The van der Waals surface area contributed by atoms with Crippen LogP contribution in [0.2, 0.25) is 0 Å². The average molecular weight is 242 g/mol. The van der Waals surface area contributed by atoms with E-state index in [0.717, 1.165) is 17.9 Å². The summed E-state index contributed by atoms with van der Waals surface area (Å²) in [5.41, 5.74) is 3.56. The molecule has 0 fully saturated rings. The molecule has 18 heavy (non-hydrogen) atoms. The zero-order valence-corrected chi connectivity index (χ0v) is 10.8. The molecule has 0 saturated heterocycles. The van der Waals surface area contributed by atoms with Crippen LogP contribution in [0.5, 0.6) is 5.75 Å². The monoisotopic (exact) mass is 242 g/mol. The first kappa shape index (κ1) is 12.6.